The number of hydrogen-bond donors (Lipinski definition) is 2. The van der Waals surface area contributed by atoms with Gasteiger partial charge in [0.1, 0.15) is 6.61 Å². The van der Waals surface area contributed by atoms with Crippen LogP contribution in [-0.4, -0.2) is 37.9 Å². The molecule has 0 fully saturated rings. The topological polar surface area (TPSA) is 58.6 Å². The summed E-state index contributed by atoms with van der Waals surface area (Å²) in [5.41, 5.74) is 0. The Bertz CT molecular complexity index is 84.3. The molecule has 0 radical (unpaired) electrons. The molecule has 0 rings (SSSR count). The molecule has 0 aromatic carbocycles. The van der Waals surface area contributed by atoms with Crippen LogP contribution in [0, 0.1) is 0 Å². The minimum absolute atomic E-state index is 0.0249. The van der Waals surface area contributed by atoms with Gasteiger partial charge in [-0.3, -0.25) is 4.79 Å². The van der Waals surface area contributed by atoms with Crippen molar-refractivity contribution in [3.63, 3.8) is 0 Å². The van der Waals surface area contributed by atoms with Crippen LogP contribution in [0.4, 0.5) is 0 Å². The van der Waals surface area contributed by atoms with Gasteiger partial charge < -0.3 is 15.2 Å². The molecule has 0 aliphatic carbocycles. The summed E-state index contributed by atoms with van der Waals surface area (Å²) in [4.78, 5) is 10.4. The fourth-order valence-corrected chi connectivity index (χ4v) is 0.302. The van der Waals surface area contributed by atoms with Gasteiger partial charge in [-0.25, -0.2) is 0 Å². The summed E-state index contributed by atoms with van der Waals surface area (Å²) in [6, 6.07) is 0. The highest BCUT2D eigenvalue weighted by Gasteiger charge is 1.94. The smallest absolute Gasteiger partial charge is 0.245 e. The summed E-state index contributed by atoms with van der Waals surface area (Å²) in [6.07, 6.45) is 0. The maximum absolute atomic E-state index is 10.4. The lowest BCUT2D eigenvalue weighted by molar-refractivity contribution is -0.125. The highest BCUT2D eigenvalue weighted by molar-refractivity contribution is 5.76. The number of aliphatic hydroxyl groups excluding tert-OH is 1. The lowest BCUT2D eigenvalue weighted by Crippen LogP contribution is -2.23. The molecule has 0 unspecified atom stereocenters. The van der Waals surface area contributed by atoms with Gasteiger partial charge in [-0.05, 0) is 0 Å². The molecule has 0 heterocycles. The third-order valence-electron chi connectivity index (χ3n) is 0.748. The molecule has 54 valence electrons. The van der Waals surface area contributed by atoms with Crippen molar-refractivity contribution < 1.29 is 14.6 Å². The van der Waals surface area contributed by atoms with Gasteiger partial charge in [0, 0.05) is 7.05 Å². The van der Waals surface area contributed by atoms with Gasteiger partial charge in [-0.1, -0.05) is 0 Å². The molecular weight excluding hydrogens is 122 g/mol. The molecule has 2 N–H and O–H groups in total. The molecule has 0 spiro atoms. The fourth-order valence-electron chi connectivity index (χ4n) is 0.302. The van der Waals surface area contributed by atoms with Crippen LogP contribution in [0.1, 0.15) is 0 Å². The quantitative estimate of drug-likeness (QED) is 0.471. The van der Waals surface area contributed by atoms with Gasteiger partial charge in [-0.2, -0.15) is 0 Å². The molecule has 4 heteroatoms. The van der Waals surface area contributed by atoms with Crippen molar-refractivity contribution in [1.82, 2.24) is 5.32 Å². The Kier molecular flexibility index (Phi) is 5.15. The van der Waals surface area contributed by atoms with E-state index in [0.29, 0.717) is 0 Å². The molecule has 0 aromatic heterocycles. The van der Waals surface area contributed by atoms with Crippen LogP contribution in [0.2, 0.25) is 0 Å². The number of carbonyl (C=O) groups is 1. The molecule has 0 aliphatic rings. The van der Waals surface area contributed by atoms with E-state index in [-0.39, 0.29) is 25.7 Å². The minimum atomic E-state index is -0.177. The monoisotopic (exact) mass is 133 g/mol. The summed E-state index contributed by atoms with van der Waals surface area (Å²) in [6.45, 7) is 0.196. The van der Waals surface area contributed by atoms with Crippen LogP contribution in [0.25, 0.3) is 0 Å². The number of ether oxygens (including phenoxy) is 1. The maximum atomic E-state index is 10.4. The van der Waals surface area contributed by atoms with Crippen molar-refractivity contribution >= 4 is 5.91 Å². The first-order valence-corrected chi connectivity index (χ1v) is 2.70. The number of hydrogen-bond acceptors (Lipinski definition) is 3. The Morgan fingerprint density at radius 1 is 1.78 bits per heavy atom. The van der Waals surface area contributed by atoms with Crippen molar-refractivity contribution in [2.45, 2.75) is 0 Å². The first-order chi connectivity index (χ1) is 4.31. The second-order valence-electron chi connectivity index (χ2n) is 1.45. The number of carbonyl (C=O) groups excluding carboxylic acids is 1. The van der Waals surface area contributed by atoms with E-state index in [1.54, 1.807) is 0 Å². The van der Waals surface area contributed by atoms with Gasteiger partial charge in [-0.15, -0.1) is 0 Å². The van der Waals surface area contributed by atoms with E-state index in [0.717, 1.165) is 0 Å². The number of rotatable bonds is 4. The van der Waals surface area contributed by atoms with Gasteiger partial charge in [0.2, 0.25) is 5.91 Å². The zero-order chi connectivity index (χ0) is 7.11. The van der Waals surface area contributed by atoms with Crippen LogP contribution in [0.3, 0.4) is 0 Å². The summed E-state index contributed by atoms with van der Waals surface area (Å²) in [5, 5.41) is 10.6. The van der Waals surface area contributed by atoms with E-state index in [1.165, 1.54) is 7.05 Å². The van der Waals surface area contributed by atoms with Gasteiger partial charge >= 0.3 is 0 Å². The van der Waals surface area contributed by atoms with Crippen LogP contribution in [-0.2, 0) is 9.53 Å². The average molecular weight is 133 g/mol. The highest BCUT2D eigenvalue weighted by Crippen LogP contribution is 1.71. The Labute approximate surface area is 53.8 Å². The van der Waals surface area contributed by atoms with Gasteiger partial charge in [0.05, 0.1) is 13.2 Å². The molecular formula is C5H11NO3. The SMILES string of the molecule is CNC(=O)COCCO. The van der Waals surface area contributed by atoms with E-state index in [4.69, 9.17) is 5.11 Å². The van der Waals surface area contributed by atoms with Gasteiger partial charge in [0.15, 0.2) is 0 Å². The summed E-state index contributed by atoms with van der Waals surface area (Å²) in [5.74, 6) is -0.177. The Balaban J connectivity index is 2.97. The molecule has 0 aliphatic heterocycles. The highest BCUT2D eigenvalue weighted by atomic mass is 16.5. The predicted octanol–water partition coefficient (Wildman–Crippen LogP) is -1.26. The molecule has 0 saturated heterocycles. The normalized spacial score (nSPS) is 9.11. The van der Waals surface area contributed by atoms with Crippen LogP contribution in [0.15, 0.2) is 0 Å². The predicted molar refractivity (Wildman–Crippen MR) is 32.0 cm³/mol. The largest absolute Gasteiger partial charge is 0.394 e. The Morgan fingerprint density at radius 2 is 2.44 bits per heavy atom. The number of nitrogens with one attached hydrogen (secondary N) is 1. The van der Waals surface area contributed by atoms with Crippen molar-refractivity contribution in [2.24, 2.45) is 0 Å². The lowest BCUT2D eigenvalue weighted by Gasteiger charge is -1.98. The molecule has 9 heavy (non-hydrogen) atoms. The molecule has 4 nitrogen and oxygen atoms in total. The Hall–Kier alpha value is -0.610. The minimum Gasteiger partial charge on any atom is -0.394 e. The van der Waals surface area contributed by atoms with Gasteiger partial charge in [0.25, 0.3) is 0 Å². The van der Waals surface area contributed by atoms with E-state index in [9.17, 15) is 4.79 Å². The molecule has 0 atom stereocenters. The second kappa shape index (κ2) is 5.53. The molecule has 0 saturated carbocycles. The van der Waals surface area contributed by atoms with Crippen LogP contribution >= 0.6 is 0 Å². The summed E-state index contributed by atoms with van der Waals surface area (Å²) < 4.78 is 4.67. The third-order valence-corrected chi connectivity index (χ3v) is 0.748. The molecule has 0 aromatic rings. The summed E-state index contributed by atoms with van der Waals surface area (Å²) in [7, 11) is 1.53. The van der Waals surface area contributed by atoms with Crippen LogP contribution in [0.5, 0.6) is 0 Å². The van der Waals surface area contributed by atoms with Crippen molar-refractivity contribution in [1.29, 1.82) is 0 Å². The number of amides is 1. The fraction of sp³-hybridized carbons (Fsp3) is 0.800. The molecule has 0 bridgehead atoms. The first-order valence-electron chi connectivity index (χ1n) is 2.70. The van der Waals surface area contributed by atoms with E-state index in [1.807, 2.05) is 0 Å². The van der Waals surface area contributed by atoms with E-state index >= 15 is 0 Å². The number of likely N-dealkylation sites (N-methyl/N-ethyl adjacent to an activating group) is 1. The lowest BCUT2D eigenvalue weighted by atomic mass is 10.6. The third kappa shape index (κ3) is 5.26. The zero-order valence-corrected chi connectivity index (χ0v) is 5.39. The van der Waals surface area contributed by atoms with E-state index in [2.05, 4.69) is 10.1 Å². The first kappa shape index (κ1) is 8.39. The standard InChI is InChI=1S/C5H11NO3/c1-6-5(8)4-9-3-2-7/h7H,2-4H2,1H3,(H,6,8). The maximum Gasteiger partial charge on any atom is 0.245 e. The van der Waals surface area contributed by atoms with E-state index < -0.39 is 0 Å². The molecule has 1 amide bonds. The second-order valence-corrected chi connectivity index (χ2v) is 1.45. The average Bonchev–Trinajstić information content (AvgIpc) is 1.89. The Morgan fingerprint density at radius 3 is 2.89 bits per heavy atom. The van der Waals surface area contributed by atoms with Crippen molar-refractivity contribution in [3.8, 4) is 0 Å². The zero-order valence-electron chi connectivity index (χ0n) is 5.39. The number of aliphatic hydroxyl groups is 1. The van der Waals surface area contributed by atoms with Crippen molar-refractivity contribution in [2.75, 3.05) is 26.9 Å². The summed E-state index contributed by atoms with van der Waals surface area (Å²) >= 11 is 0. The van der Waals surface area contributed by atoms with Crippen molar-refractivity contribution in [3.05, 3.63) is 0 Å². The van der Waals surface area contributed by atoms with Crippen LogP contribution < -0.4 is 5.32 Å².